The van der Waals surface area contributed by atoms with Crippen molar-refractivity contribution in [2.75, 3.05) is 23.9 Å². The lowest BCUT2D eigenvalue weighted by molar-refractivity contribution is -0.140. The summed E-state index contributed by atoms with van der Waals surface area (Å²) in [6, 6.07) is 11.4. The molecular weight excluding hydrogens is 498 g/mol. The van der Waals surface area contributed by atoms with Gasteiger partial charge < -0.3 is 20.3 Å². The third-order valence-electron chi connectivity index (χ3n) is 6.02. The van der Waals surface area contributed by atoms with Crippen molar-refractivity contribution in [3.8, 4) is 0 Å². The van der Waals surface area contributed by atoms with Crippen molar-refractivity contribution in [3.05, 3.63) is 77.4 Å². The molecule has 0 saturated carbocycles. The van der Waals surface area contributed by atoms with Crippen molar-refractivity contribution in [1.29, 1.82) is 0 Å². The molecule has 0 aliphatic heterocycles. The van der Waals surface area contributed by atoms with Gasteiger partial charge in [-0.2, -0.15) is 11.8 Å². The van der Waals surface area contributed by atoms with Crippen LogP contribution in [0.1, 0.15) is 55.5 Å². The van der Waals surface area contributed by atoms with Crippen molar-refractivity contribution in [3.63, 3.8) is 0 Å². The molecule has 0 spiro atoms. The second-order valence-electron chi connectivity index (χ2n) is 10.3. The molecule has 8 heteroatoms. The van der Waals surface area contributed by atoms with Gasteiger partial charge in [-0.1, -0.05) is 42.5 Å². The second kappa shape index (κ2) is 14.0. The van der Waals surface area contributed by atoms with E-state index in [1.165, 1.54) is 4.90 Å². The molecule has 2 aromatic carbocycles. The van der Waals surface area contributed by atoms with E-state index in [0.717, 1.165) is 16.7 Å². The molecule has 2 atom stereocenters. The Morgan fingerprint density at radius 1 is 1.05 bits per heavy atom. The molecule has 0 heterocycles. The van der Waals surface area contributed by atoms with E-state index >= 15 is 0 Å². The summed E-state index contributed by atoms with van der Waals surface area (Å²) < 4.78 is 5.42. The van der Waals surface area contributed by atoms with E-state index in [9.17, 15) is 14.4 Å². The first-order valence-corrected chi connectivity index (χ1v) is 14.1. The Bertz CT molecular complexity index is 1140. The Labute approximate surface area is 231 Å². The van der Waals surface area contributed by atoms with Gasteiger partial charge in [0.25, 0.3) is 5.91 Å². The molecule has 2 rings (SSSR count). The number of rotatable bonds is 11. The van der Waals surface area contributed by atoms with Gasteiger partial charge in [-0.25, -0.2) is 4.79 Å². The standard InChI is InChI=1S/C30H41N3O4S/c1-9-17-33(28(35)25(16-18-38-8)32-29(36)37-30(5,6)7)26(23-15-14-20(2)22(4)19-23)27(34)31-24-13-11-10-12-21(24)3/h9-15,19,25-26H,1,16-18H2,2-8H3,(H,31,34)(H,32,36). The highest BCUT2D eigenvalue weighted by molar-refractivity contribution is 7.98. The predicted octanol–water partition coefficient (Wildman–Crippen LogP) is 5.95. The molecule has 7 nitrogen and oxygen atoms in total. The summed E-state index contributed by atoms with van der Waals surface area (Å²) in [4.78, 5) is 42.0. The van der Waals surface area contributed by atoms with Crippen LogP contribution in [-0.2, 0) is 14.3 Å². The SMILES string of the molecule is C=CCN(C(=O)C(CCSC)NC(=O)OC(C)(C)C)C(C(=O)Nc1ccccc1C)c1ccc(C)c(C)c1. The Morgan fingerprint density at radius 2 is 1.74 bits per heavy atom. The van der Waals surface area contributed by atoms with Crippen LogP contribution in [0.3, 0.4) is 0 Å². The van der Waals surface area contributed by atoms with Gasteiger partial charge in [0.1, 0.15) is 17.7 Å². The number of benzene rings is 2. The molecule has 2 N–H and O–H groups in total. The first kappa shape index (κ1) is 31.0. The van der Waals surface area contributed by atoms with Crippen LogP contribution >= 0.6 is 11.8 Å². The molecule has 0 radical (unpaired) electrons. The minimum absolute atomic E-state index is 0.114. The zero-order valence-electron chi connectivity index (χ0n) is 23.6. The number of nitrogens with one attached hydrogen (secondary N) is 2. The number of carbonyl (C=O) groups is 3. The molecule has 0 saturated heterocycles. The van der Waals surface area contributed by atoms with Crippen molar-refractivity contribution >= 4 is 35.4 Å². The number of hydrogen-bond donors (Lipinski definition) is 2. The molecule has 0 aliphatic rings. The van der Waals surface area contributed by atoms with Crippen molar-refractivity contribution < 1.29 is 19.1 Å². The lowest BCUT2D eigenvalue weighted by Crippen LogP contribution is -2.52. The number of anilines is 1. The van der Waals surface area contributed by atoms with Gasteiger partial charge >= 0.3 is 6.09 Å². The maximum atomic E-state index is 14.0. The number of hydrogen-bond acceptors (Lipinski definition) is 5. The highest BCUT2D eigenvalue weighted by Crippen LogP contribution is 2.27. The lowest BCUT2D eigenvalue weighted by Gasteiger charge is -2.34. The van der Waals surface area contributed by atoms with Crippen molar-refractivity contribution in [2.45, 2.75) is 65.6 Å². The Morgan fingerprint density at radius 3 is 2.32 bits per heavy atom. The van der Waals surface area contributed by atoms with E-state index in [0.29, 0.717) is 23.4 Å². The van der Waals surface area contributed by atoms with Crippen LogP contribution in [0.5, 0.6) is 0 Å². The summed E-state index contributed by atoms with van der Waals surface area (Å²) >= 11 is 1.57. The van der Waals surface area contributed by atoms with E-state index in [2.05, 4.69) is 17.2 Å². The zero-order chi connectivity index (χ0) is 28.5. The fraction of sp³-hybridized carbons (Fsp3) is 0.433. The van der Waals surface area contributed by atoms with Gasteiger partial charge in [-0.05, 0) is 88.3 Å². The molecule has 2 aromatic rings. The minimum Gasteiger partial charge on any atom is -0.444 e. The molecular formula is C30H41N3O4S. The Balaban J connectivity index is 2.53. The van der Waals surface area contributed by atoms with Gasteiger partial charge in [0.15, 0.2) is 0 Å². The third-order valence-corrected chi connectivity index (χ3v) is 6.66. The van der Waals surface area contributed by atoms with E-state index in [1.807, 2.05) is 69.5 Å². The molecule has 0 fully saturated rings. The monoisotopic (exact) mass is 539 g/mol. The van der Waals surface area contributed by atoms with Crippen LogP contribution in [0.4, 0.5) is 10.5 Å². The summed E-state index contributed by atoms with van der Waals surface area (Å²) in [6.07, 6.45) is 3.23. The second-order valence-corrected chi connectivity index (χ2v) is 11.3. The summed E-state index contributed by atoms with van der Waals surface area (Å²) in [5.41, 5.74) is 3.63. The summed E-state index contributed by atoms with van der Waals surface area (Å²) in [7, 11) is 0. The van der Waals surface area contributed by atoms with Crippen molar-refractivity contribution in [1.82, 2.24) is 10.2 Å². The van der Waals surface area contributed by atoms with Gasteiger partial charge in [0, 0.05) is 12.2 Å². The maximum Gasteiger partial charge on any atom is 0.408 e. The van der Waals surface area contributed by atoms with Crippen LogP contribution in [-0.4, -0.2) is 53.0 Å². The molecule has 0 aliphatic carbocycles. The van der Waals surface area contributed by atoms with Gasteiger partial charge in [-0.3, -0.25) is 9.59 Å². The summed E-state index contributed by atoms with van der Waals surface area (Å²) in [5, 5.41) is 5.75. The number of nitrogens with zero attached hydrogens (tertiary/aromatic N) is 1. The summed E-state index contributed by atoms with van der Waals surface area (Å²) in [6.45, 7) is 15.1. The third kappa shape index (κ3) is 8.94. The van der Waals surface area contributed by atoms with Crippen LogP contribution in [0.2, 0.25) is 0 Å². The van der Waals surface area contributed by atoms with Gasteiger partial charge in [0.05, 0.1) is 0 Å². The van der Waals surface area contributed by atoms with Gasteiger partial charge in [0.2, 0.25) is 5.91 Å². The topological polar surface area (TPSA) is 87.7 Å². The first-order valence-electron chi connectivity index (χ1n) is 12.7. The number of alkyl carbamates (subject to hydrolysis) is 1. The number of ether oxygens (including phenoxy) is 1. The normalized spacial score (nSPS) is 12.7. The smallest absolute Gasteiger partial charge is 0.408 e. The zero-order valence-corrected chi connectivity index (χ0v) is 24.4. The fourth-order valence-corrected chi connectivity index (χ4v) is 4.40. The number of thioether (sulfide) groups is 1. The van der Waals surface area contributed by atoms with E-state index < -0.39 is 23.8 Å². The highest BCUT2D eigenvalue weighted by atomic mass is 32.2. The average Bonchev–Trinajstić information content (AvgIpc) is 2.83. The van der Waals surface area contributed by atoms with Crippen LogP contribution < -0.4 is 10.6 Å². The van der Waals surface area contributed by atoms with Crippen LogP contribution in [0, 0.1) is 20.8 Å². The quantitative estimate of drug-likeness (QED) is 0.345. The Kier molecular flexibility index (Phi) is 11.4. The summed E-state index contributed by atoms with van der Waals surface area (Å²) in [5.74, 6) is -0.0932. The number of para-hydroxylation sites is 1. The minimum atomic E-state index is -0.948. The molecule has 206 valence electrons. The first-order chi connectivity index (χ1) is 17.9. The van der Waals surface area contributed by atoms with E-state index in [1.54, 1.807) is 38.6 Å². The number of amides is 3. The predicted molar refractivity (Wildman–Crippen MR) is 157 cm³/mol. The van der Waals surface area contributed by atoms with Crippen LogP contribution in [0.25, 0.3) is 0 Å². The molecule has 2 unspecified atom stereocenters. The molecule has 0 aromatic heterocycles. The van der Waals surface area contributed by atoms with E-state index in [-0.39, 0.29) is 18.4 Å². The Hall–Kier alpha value is -3.26. The maximum absolute atomic E-state index is 14.0. The average molecular weight is 540 g/mol. The molecule has 0 bridgehead atoms. The number of carbonyl (C=O) groups excluding carboxylic acids is 3. The number of aryl methyl sites for hydroxylation is 3. The lowest BCUT2D eigenvalue weighted by atomic mass is 9.98. The highest BCUT2D eigenvalue weighted by Gasteiger charge is 2.36. The molecule has 38 heavy (non-hydrogen) atoms. The van der Waals surface area contributed by atoms with E-state index in [4.69, 9.17) is 4.74 Å². The fourth-order valence-electron chi connectivity index (χ4n) is 3.93. The van der Waals surface area contributed by atoms with Crippen molar-refractivity contribution in [2.24, 2.45) is 0 Å². The largest absolute Gasteiger partial charge is 0.444 e. The van der Waals surface area contributed by atoms with Crippen LogP contribution in [0.15, 0.2) is 55.1 Å². The van der Waals surface area contributed by atoms with Gasteiger partial charge in [-0.15, -0.1) is 6.58 Å². The molecule has 3 amide bonds.